The number of hydrogen-bond donors (Lipinski definition) is 1. The number of carbonyl (C=O) groups is 1. The first-order valence-electron chi connectivity index (χ1n) is 4.05. The van der Waals surface area contributed by atoms with Gasteiger partial charge in [-0.15, -0.1) is 0 Å². The number of para-hydroxylation sites is 1. The summed E-state index contributed by atoms with van der Waals surface area (Å²) in [6, 6.07) is 5.09. The van der Waals surface area contributed by atoms with E-state index in [1.165, 1.54) is 12.1 Å². The third kappa shape index (κ3) is 1.48. The molecular weight excluding hydrogens is 203 g/mol. The normalized spacial score (nSPS) is 10.5. The van der Waals surface area contributed by atoms with Gasteiger partial charge in [-0.05, 0) is 12.1 Å². The van der Waals surface area contributed by atoms with Crippen LogP contribution in [0, 0.1) is 5.82 Å². The van der Waals surface area contributed by atoms with E-state index in [1.54, 1.807) is 0 Å². The van der Waals surface area contributed by atoms with Crippen LogP contribution in [0.2, 0.25) is 0 Å². The van der Waals surface area contributed by atoms with E-state index in [4.69, 9.17) is 5.11 Å². The maximum absolute atomic E-state index is 13.1. The van der Waals surface area contributed by atoms with Crippen LogP contribution in [0.1, 0.15) is 10.4 Å². The number of carboxylic acid groups (broad SMARTS) is 1. The third-order valence-corrected chi connectivity index (χ3v) is 1.94. The number of benzene rings is 1. The van der Waals surface area contributed by atoms with Gasteiger partial charge in [-0.2, -0.15) is 0 Å². The Morgan fingerprint density at radius 3 is 2.80 bits per heavy atom. The summed E-state index contributed by atoms with van der Waals surface area (Å²) in [5.74, 6) is -2.09. The number of halogens is 1. The molecule has 5 heteroatoms. The van der Waals surface area contributed by atoms with Crippen LogP contribution in [0.4, 0.5) is 4.39 Å². The zero-order valence-corrected chi connectivity index (χ0v) is 7.36. The Morgan fingerprint density at radius 2 is 2.13 bits per heavy atom. The summed E-state index contributed by atoms with van der Waals surface area (Å²) in [6.45, 7) is 0. The molecule has 0 aliphatic rings. The van der Waals surface area contributed by atoms with Crippen molar-refractivity contribution in [3.8, 4) is 0 Å². The molecule has 0 amide bonds. The van der Waals surface area contributed by atoms with E-state index in [-0.39, 0.29) is 11.0 Å². The predicted octanol–water partition coefficient (Wildman–Crippen LogP) is 1.63. The Bertz CT molecular complexity index is 600. The molecule has 76 valence electrons. The summed E-state index contributed by atoms with van der Waals surface area (Å²) < 4.78 is 17.7. The van der Waals surface area contributed by atoms with Crippen molar-refractivity contribution >= 4 is 16.9 Å². The minimum Gasteiger partial charge on any atom is -0.477 e. The highest BCUT2D eigenvalue weighted by Crippen LogP contribution is 2.16. The van der Waals surface area contributed by atoms with Crippen molar-refractivity contribution < 1.29 is 18.7 Å². The highest BCUT2D eigenvalue weighted by atomic mass is 19.1. The van der Waals surface area contributed by atoms with Crippen LogP contribution in [-0.2, 0) is 0 Å². The van der Waals surface area contributed by atoms with Crippen molar-refractivity contribution in [2.45, 2.75) is 0 Å². The van der Waals surface area contributed by atoms with Gasteiger partial charge in [0.15, 0.2) is 11.4 Å². The maximum atomic E-state index is 13.1. The summed E-state index contributed by atoms with van der Waals surface area (Å²) in [5.41, 5.74) is -1.79. The second-order valence-corrected chi connectivity index (χ2v) is 2.91. The summed E-state index contributed by atoms with van der Waals surface area (Å²) >= 11 is 0. The Kier molecular flexibility index (Phi) is 2.00. The predicted molar refractivity (Wildman–Crippen MR) is 49.4 cm³/mol. The Labute approximate surface area is 82.6 Å². The Balaban J connectivity index is 2.88. The van der Waals surface area contributed by atoms with Crippen LogP contribution in [0.15, 0.2) is 33.5 Å². The smallest absolute Gasteiger partial charge is 0.351 e. The van der Waals surface area contributed by atoms with Gasteiger partial charge in [0.2, 0.25) is 0 Å². The molecule has 15 heavy (non-hydrogen) atoms. The standard InChI is InChI=1S/C10H5FO4/c11-7-3-1-2-5-4-6(9(12)13)10(14)15-8(5)7/h1-4H,(H,12,13). The minimum absolute atomic E-state index is 0.229. The highest BCUT2D eigenvalue weighted by Gasteiger charge is 2.13. The van der Waals surface area contributed by atoms with Crippen molar-refractivity contribution in [1.82, 2.24) is 0 Å². The fourth-order valence-corrected chi connectivity index (χ4v) is 1.26. The molecule has 1 heterocycles. The van der Waals surface area contributed by atoms with Gasteiger partial charge in [0.05, 0.1) is 0 Å². The molecule has 0 aliphatic heterocycles. The molecule has 0 aliphatic carbocycles. The fraction of sp³-hybridized carbons (Fsp3) is 0. The molecule has 4 nitrogen and oxygen atoms in total. The summed E-state index contributed by atoms with van der Waals surface area (Å²) in [7, 11) is 0. The number of fused-ring (bicyclic) bond motifs is 1. The molecule has 0 saturated carbocycles. The first-order chi connectivity index (χ1) is 7.09. The van der Waals surface area contributed by atoms with Crippen LogP contribution in [0.3, 0.4) is 0 Å². The second kappa shape index (κ2) is 3.20. The van der Waals surface area contributed by atoms with Gasteiger partial charge in [-0.1, -0.05) is 12.1 Å². The molecule has 0 spiro atoms. The largest absolute Gasteiger partial charge is 0.477 e. The monoisotopic (exact) mass is 208 g/mol. The van der Waals surface area contributed by atoms with Crippen molar-refractivity contribution in [3.63, 3.8) is 0 Å². The lowest BCUT2D eigenvalue weighted by Crippen LogP contribution is -2.13. The van der Waals surface area contributed by atoms with E-state index in [0.717, 1.165) is 12.1 Å². The Morgan fingerprint density at radius 1 is 1.40 bits per heavy atom. The maximum Gasteiger partial charge on any atom is 0.351 e. The molecule has 0 atom stereocenters. The van der Waals surface area contributed by atoms with Crippen molar-refractivity contribution in [3.05, 3.63) is 46.1 Å². The zero-order valence-electron chi connectivity index (χ0n) is 7.36. The molecule has 1 aromatic heterocycles. The summed E-state index contributed by atoms with van der Waals surface area (Å²) in [4.78, 5) is 21.7. The van der Waals surface area contributed by atoms with Gasteiger partial charge in [0.1, 0.15) is 5.56 Å². The molecule has 2 aromatic rings. The van der Waals surface area contributed by atoms with Gasteiger partial charge in [-0.3, -0.25) is 0 Å². The number of hydrogen-bond acceptors (Lipinski definition) is 3. The minimum atomic E-state index is -1.39. The van der Waals surface area contributed by atoms with E-state index in [2.05, 4.69) is 4.42 Å². The van der Waals surface area contributed by atoms with Crippen LogP contribution in [0.25, 0.3) is 11.0 Å². The van der Waals surface area contributed by atoms with Crippen molar-refractivity contribution in [1.29, 1.82) is 0 Å². The highest BCUT2D eigenvalue weighted by molar-refractivity contribution is 5.91. The second-order valence-electron chi connectivity index (χ2n) is 2.91. The summed E-state index contributed by atoms with van der Waals surface area (Å²) in [6.07, 6.45) is 0. The van der Waals surface area contributed by atoms with E-state index in [0.29, 0.717) is 0 Å². The van der Waals surface area contributed by atoms with Gasteiger partial charge in [0.25, 0.3) is 0 Å². The third-order valence-electron chi connectivity index (χ3n) is 1.94. The van der Waals surface area contributed by atoms with Crippen molar-refractivity contribution in [2.24, 2.45) is 0 Å². The molecule has 2 rings (SSSR count). The topological polar surface area (TPSA) is 67.5 Å². The van der Waals surface area contributed by atoms with Crippen LogP contribution >= 0.6 is 0 Å². The lowest BCUT2D eigenvalue weighted by Gasteiger charge is -1.98. The zero-order chi connectivity index (χ0) is 11.0. The average Bonchev–Trinajstić information content (AvgIpc) is 2.18. The SMILES string of the molecule is O=C(O)c1cc2cccc(F)c2oc1=O. The lowest BCUT2D eigenvalue weighted by molar-refractivity contribution is 0.0692. The number of carboxylic acids is 1. The molecule has 0 saturated heterocycles. The average molecular weight is 208 g/mol. The van der Waals surface area contributed by atoms with E-state index in [9.17, 15) is 14.0 Å². The van der Waals surface area contributed by atoms with Crippen LogP contribution in [0.5, 0.6) is 0 Å². The molecule has 0 bridgehead atoms. The van der Waals surface area contributed by atoms with E-state index < -0.39 is 23.0 Å². The molecule has 1 N–H and O–H groups in total. The molecule has 0 unspecified atom stereocenters. The first-order valence-corrected chi connectivity index (χ1v) is 4.05. The Hall–Kier alpha value is -2.17. The van der Waals surface area contributed by atoms with Gasteiger partial charge >= 0.3 is 11.6 Å². The number of aromatic carboxylic acids is 1. The van der Waals surface area contributed by atoms with E-state index in [1.807, 2.05) is 0 Å². The fourth-order valence-electron chi connectivity index (χ4n) is 1.26. The molecule has 0 fully saturated rings. The summed E-state index contributed by atoms with van der Waals surface area (Å²) in [5, 5.41) is 8.88. The lowest BCUT2D eigenvalue weighted by atomic mass is 10.2. The first kappa shape index (κ1) is 9.39. The van der Waals surface area contributed by atoms with E-state index >= 15 is 0 Å². The van der Waals surface area contributed by atoms with Crippen LogP contribution in [-0.4, -0.2) is 11.1 Å². The molecule has 1 aromatic carbocycles. The molecular formula is C10H5FO4. The molecule has 0 radical (unpaired) electrons. The van der Waals surface area contributed by atoms with Crippen LogP contribution < -0.4 is 5.63 Å². The van der Waals surface area contributed by atoms with Crippen molar-refractivity contribution in [2.75, 3.05) is 0 Å². The van der Waals surface area contributed by atoms with Gasteiger partial charge in [0, 0.05) is 5.39 Å². The number of rotatable bonds is 1. The van der Waals surface area contributed by atoms with Gasteiger partial charge in [-0.25, -0.2) is 14.0 Å². The quantitative estimate of drug-likeness (QED) is 0.723. The van der Waals surface area contributed by atoms with Gasteiger partial charge < -0.3 is 9.52 Å².